The van der Waals surface area contributed by atoms with Gasteiger partial charge in [0.2, 0.25) is 5.88 Å². The van der Waals surface area contributed by atoms with Gasteiger partial charge in [0, 0.05) is 34.6 Å². The van der Waals surface area contributed by atoms with Crippen LogP contribution in [0.25, 0.3) is 0 Å². The lowest BCUT2D eigenvalue weighted by Gasteiger charge is -2.17. The summed E-state index contributed by atoms with van der Waals surface area (Å²) in [6.45, 7) is 0. The number of aromatic nitrogens is 1. The summed E-state index contributed by atoms with van der Waals surface area (Å²) in [5, 5.41) is 0. The molecule has 26 heavy (non-hydrogen) atoms. The molecule has 0 spiro atoms. The number of nitrogens with zero attached hydrogens (tertiary/aromatic N) is 1. The molecule has 0 fully saturated rings. The highest BCUT2D eigenvalue weighted by Crippen LogP contribution is 2.30. The first-order valence-electron chi connectivity index (χ1n) is 8.16. The van der Waals surface area contributed by atoms with Gasteiger partial charge in [-0.2, -0.15) is 13.2 Å². The van der Waals surface area contributed by atoms with Crippen molar-refractivity contribution in [2.45, 2.75) is 37.8 Å². The van der Waals surface area contributed by atoms with Crippen molar-refractivity contribution in [3.63, 3.8) is 0 Å². The molecular formula is C19H19BrF3NO2. The minimum absolute atomic E-state index is 0.00463. The predicted molar refractivity (Wildman–Crippen MR) is 96.5 cm³/mol. The van der Waals surface area contributed by atoms with E-state index < -0.39 is 18.5 Å². The summed E-state index contributed by atoms with van der Waals surface area (Å²) in [6.07, 6.45) is -2.90. The molecule has 140 valence electrons. The van der Waals surface area contributed by atoms with Crippen LogP contribution in [0.1, 0.15) is 47.5 Å². The zero-order valence-electron chi connectivity index (χ0n) is 14.2. The van der Waals surface area contributed by atoms with E-state index in [1.54, 1.807) is 12.1 Å². The van der Waals surface area contributed by atoms with Gasteiger partial charge in [-0.1, -0.05) is 34.5 Å². The van der Waals surface area contributed by atoms with Crippen molar-refractivity contribution >= 4 is 21.7 Å². The Labute approximate surface area is 158 Å². The van der Waals surface area contributed by atoms with Crippen LogP contribution in [-0.2, 0) is 0 Å². The van der Waals surface area contributed by atoms with Gasteiger partial charge in [-0.15, -0.1) is 0 Å². The van der Waals surface area contributed by atoms with Crippen LogP contribution < -0.4 is 4.74 Å². The fraction of sp³-hybridized carbons (Fsp3) is 0.368. The summed E-state index contributed by atoms with van der Waals surface area (Å²) in [4.78, 5) is 16.9. The van der Waals surface area contributed by atoms with Crippen molar-refractivity contribution in [2.24, 2.45) is 0 Å². The molecule has 1 aromatic carbocycles. The smallest absolute Gasteiger partial charge is 0.389 e. The van der Waals surface area contributed by atoms with Crippen LogP contribution in [0.3, 0.4) is 0 Å². The molecular weight excluding hydrogens is 411 g/mol. The van der Waals surface area contributed by atoms with E-state index in [-0.39, 0.29) is 12.2 Å². The van der Waals surface area contributed by atoms with E-state index in [0.717, 1.165) is 10.0 Å². The molecule has 0 radical (unpaired) electrons. The number of carbonyl (C=O) groups is 1. The molecule has 7 heteroatoms. The molecule has 0 N–H and O–H groups in total. The van der Waals surface area contributed by atoms with Gasteiger partial charge in [0.15, 0.2) is 5.78 Å². The van der Waals surface area contributed by atoms with Crippen molar-refractivity contribution in [2.75, 3.05) is 7.11 Å². The Balaban J connectivity index is 2.15. The summed E-state index contributed by atoms with van der Waals surface area (Å²) < 4.78 is 42.9. The second-order valence-electron chi connectivity index (χ2n) is 5.92. The monoisotopic (exact) mass is 429 g/mol. The minimum atomic E-state index is -4.17. The topological polar surface area (TPSA) is 39.2 Å². The lowest BCUT2D eigenvalue weighted by molar-refractivity contribution is -0.135. The number of alkyl halides is 3. The zero-order valence-corrected chi connectivity index (χ0v) is 15.8. The molecule has 1 unspecified atom stereocenters. The SMILES string of the molecule is COc1ccc(C(=O)C(CCCCC(F)(F)F)c2ccc(Br)cc2)cn1. The van der Waals surface area contributed by atoms with E-state index in [1.165, 1.54) is 13.3 Å². The molecule has 0 amide bonds. The van der Waals surface area contributed by atoms with Gasteiger partial charge in [0.1, 0.15) is 0 Å². The van der Waals surface area contributed by atoms with Crippen molar-refractivity contribution in [1.29, 1.82) is 0 Å². The van der Waals surface area contributed by atoms with Gasteiger partial charge in [0.25, 0.3) is 0 Å². The summed E-state index contributed by atoms with van der Waals surface area (Å²) >= 11 is 3.34. The Morgan fingerprint density at radius 1 is 1.15 bits per heavy atom. The van der Waals surface area contributed by atoms with Gasteiger partial charge < -0.3 is 4.74 Å². The number of hydrogen-bond acceptors (Lipinski definition) is 3. The molecule has 0 aliphatic carbocycles. The molecule has 0 aliphatic rings. The van der Waals surface area contributed by atoms with E-state index >= 15 is 0 Å². The summed E-state index contributed by atoms with van der Waals surface area (Å²) in [5.74, 6) is -0.270. The third-order valence-electron chi connectivity index (χ3n) is 4.02. The lowest BCUT2D eigenvalue weighted by atomic mass is 9.87. The van der Waals surface area contributed by atoms with Crippen LogP contribution in [-0.4, -0.2) is 24.1 Å². The zero-order chi connectivity index (χ0) is 19.2. The van der Waals surface area contributed by atoms with Gasteiger partial charge in [0.05, 0.1) is 7.11 Å². The number of benzene rings is 1. The first kappa shape index (κ1) is 20.4. The number of hydrogen-bond donors (Lipinski definition) is 0. The highest BCUT2D eigenvalue weighted by atomic mass is 79.9. The lowest BCUT2D eigenvalue weighted by Crippen LogP contribution is -2.14. The number of carbonyl (C=O) groups excluding carboxylic acids is 1. The average Bonchev–Trinajstić information content (AvgIpc) is 2.61. The molecule has 0 saturated carbocycles. The van der Waals surface area contributed by atoms with Crippen molar-refractivity contribution < 1.29 is 22.7 Å². The molecule has 3 nitrogen and oxygen atoms in total. The Morgan fingerprint density at radius 2 is 1.85 bits per heavy atom. The second kappa shape index (κ2) is 9.16. The number of unbranched alkanes of at least 4 members (excludes halogenated alkanes) is 1. The standard InChI is InChI=1S/C19H19BrF3NO2/c1-26-17-10-7-14(12-24-17)18(25)16(4-2-3-11-19(21,22)23)13-5-8-15(20)9-6-13/h5-10,12,16H,2-4,11H2,1H3. The fourth-order valence-electron chi connectivity index (χ4n) is 2.67. The maximum absolute atomic E-state index is 12.9. The van der Waals surface area contributed by atoms with E-state index in [2.05, 4.69) is 20.9 Å². The predicted octanol–water partition coefficient (Wildman–Crippen LogP) is 5.94. The number of pyridine rings is 1. The molecule has 2 aromatic rings. The average molecular weight is 430 g/mol. The van der Waals surface area contributed by atoms with Crippen molar-refractivity contribution in [3.05, 3.63) is 58.2 Å². The summed E-state index contributed by atoms with van der Waals surface area (Å²) in [7, 11) is 1.48. The fourth-order valence-corrected chi connectivity index (χ4v) is 2.93. The molecule has 1 atom stereocenters. The first-order chi connectivity index (χ1) is 12.3. The third kappa shape index (κ3) is 6.12. The quantitative estimate of drug-likeness (QED) is 0.384. The highest BCUT2D eigenvalue weighted by Gasteiger charge is 2.27. The Morgan fingerprint density at radius 3 is 2.38 bits per heavy atom. The first-order valence-corrected chi connectivity index (χ1v) is 8.96. The van der Waals surface area contributed by atoms with E-state index in [4.69, 9.17) is 4.74 Å². The van der Waals surface area contributed by atoms with E-state index in [1.807, 2.05) is 24.3 Å². The highest BCUT2D eigenvalue weighted by molar-refractivity contribution is 9.10. The van der Waals surface area contributed by atoms with Crippen LogP contribution in [0.2, 0.25) is 0 Å². The van der Waals surface area contributed by atoms with Gasteiger partial charge in [-0.3, -0.25) is 4.79 Å². The molecule has 1 aromatic heterocycles. The minimum Gasteiger partial charge on any atom is -0.481 e. The van der Waals surface area contributed by atoms with Gasteiger partial charge >= 0.3 is 6.18 Å². The number of ether oxygens (including phenoxy) is 1. The Hall–Kier alpha value is -1.89. The number of Topliss-reactive ketones (excluding diaryl/α,β-unsaturated/α-hetero) is 1. The summed E-state index contributed by atoms with van der Waals surface area (Å²) in [6, 6.07) is 10.5. The van der Waals surface area contributed by atoms with Gasteiger partial charge in [-0.05, 0) is 36.6 Å². The van der Waals surface area contributed by atoms with Crippen molar-refractivity contribution in [1.82, 2.24) is 4.98 Å². The largest absolute Gasteiger partial charge is 0.481 e. The third-order valence-corrected chi connectivity index (χ3v) is 4.55. The Kier molecular flexibility index (Phi) is 7.20. The van der Waals surface area contributed by atoms with E-state index in [9.17, 15) is 18.0 Å². The van der Waals surface area contributed by atoms with Crippen LogP contribution in [0, 0.1) is 0 Å². The van der Waals surface area contributed by atoms with Crippen LogP contribution in [0.5, 0.6) is 5.88 Å². The van der Waals surface area contributed by atoms with Crippen LogP contribution >= 0.6 is 15.9 Å². The van der Waals surface area contributed by atoms with Crippen LogP contribution in [0.15, 0.2) is 47.1 Å². The maximum atomic E-state index is 12.9. The number of methoxy groups -OCH3 is 1. The number of halogens is 4. The van der Waals surface area contributed by atoms with E-state index in [0.29, 0.717) is 24.3 Å². The molecule has 0 aliphatic heterocycles. The Bertz CT molecular complexity index is 715. The van der Waals surface area contributed by atoms with Gasteiger partial charge in [-0.25, -0.2) is 4.98 Å². The number of rotatable bonds is 8. The molecule has 1 heterocycles. The number of ketones is 1. The maximum Gasteiger partial charge on any atom is 0.389 e. The van der Waals surface area contributed by atoms with Crippen molar-refractivity contribution in [3.8, 4) is 5.88 Å². The second-order valence-corrected chi connectivity index (χ2v) is 6.83. The normalized spacial score (nSPS) is 12.7. The summed E-state index contributed by atoms with van der Waals surface area (Å²) in [5.41, 5.74) is 1.19. The molecule has 0 saturated heterocycles. The molecule has 2 rings (SSSR count). The van der Waals surface area contributed by atoms with Crippen LogP contribution in [0.4, 0.5) is 13.2 Å². The molecule has 0 bridgehead atoms.